The Kier molecular flexibility index (Phi) is 8.48. The second-order valence-electron chi connectivity index (χ2n) is 11.1. The van der Waals surface area contributed by atoms with E-state index in [1.54, 1.807) is 17.7 Å². The van der Waals surface area contributed by atoms with E-state index in [9.17, 15) is 4.79 Å². The first-order chi connectivity index (χ1) is 18.0. The molecular formula is C31H39Cl2N2O2+. The number of benzene rings is 2. The molecule has 2 aliphatic heterocycles. The number of hydrogen-bond acceptors (Lipinski definition) is 2. The summed E-state index contributed by atoms with van der Waals surface area (Å²) in [5.74, 6) is 0.854. The van der Waals surface area contributed by atoms with Crippen LogP contribution in [-0.2, 0) is 4.79 Å². The standard InChI is InChI=1S/C31H38Cl2N2O2/c1-2-35(17-14-22-8-6-4-3-5-7-9-22)18-15-25(16-19-35)34-31(36)30-26-20-23(32)10-12-28(26)37-29-13-11-24(33)21-27(29)30/h8,10-13,20-21,25,30H,2-7,9,14-19H2,1H3/p+1/b22-8+. The molecule has 4 nitrogen and oxygen atoms in total. The van der Waals surface area contributed by atoms with Crippen molar-refractivity contribution in [3.05, 3.63) is 69.2 Å². The lowest BCUT2D eigenvalue weighted by atomic mass is 9.86. The molecule has 2 aromatic rings. The van der Waals surface area contributed by atoms with Gasteiger partial charge in [0.1, 0.15) is 11.5 Å². The van der Waals surface area contributed by atoms with Gasteiger partial charge in [-0.1, -0.05) is 47.7 Å². The van der Waals surface area contributed by atoms with Crippen molar-refractivity contribution in [3.63, 3.8) is 0 Å². The van der Waals surface area contributed by atoms with E-state index >= 15 is 0 Å². The van der Waals surface area contributed by atoms with E-state index in [-0.39, 0.29) is 11.9 Å². The molecule has 1 saturated heterocycles. The summed E-state index contributed by atoms with van der Waals surface area (Å²) in [7, 11) is 0. The minimum absolute atomic E-state index is 0.00323. The minimum atomic E-state index is -0.491. The van der Waals surface area contributed by atoms with Crippen LogP contribution in [0.25, 0.3) is 0 Å². The van der Waals surface area contributed by atoms with Gasteiger partial charge in [0.05, 0.1) is 32.1 Å². The molecule has 1 amide bonds. The van der Waals surface area contributed by atoms with E-state index in [1.807, 2.05) is 24.3 Å². The predicted octanol–water partition coefficient (Wildman–Crippen LogP) is 8.02. The number of nitrogens with zero attached hydrogens (tertiary/aromatic N) is 1. The number of carbonyl (C=O) groups is 1. The number of fused-ring (bicyclic) bond motifs is 2. The third-order valence-corrected chi connectivity index (χ3v) is 9.23. The average Bonchev–Trinajstić information content (AvgIpc) is 2.88. The van der Waals surface area contributed by atoms with Gasteiger partial charge >= 0.3 is 0 Å². The average molecular weight is 543 g/mol. The summed E-state index contributed by atoms with van der Waals surface area (Å²) < 4.78 is 7.25. The quantitative estimate of drug-likeness (QED) is 0.297. The van der Waals surface area contributed by atoms with Crippen molar-refractivity contribution < 1.29 is 14.0 Å². The van der Waals surface area contributed by atoms with E-state index in [0.717, 1.165) is 48.1 Å². The summed E-state index contributed by atoms with van der Waals surface area (Å²) in [6.07, 6.45) is 13.8. The zero-order valence-electron chi connectivity index (χ0n) is 21.9. The molecule has 1 N–H and O–H groups in total. The molecule has 0 unspecified atom stereocenters. The number of ether oxygens (including phenoxy) is 1. The fraction of sp³-hybridized carbons (Fsp3) is 0.516. The van der Waals surface area contributed by atoms with Crippen LogP contribution in [0, 0.1) is 0 Å². The smallest absolute Gasteiger partial charge is 0.232 e. The summed E-state index contributed by atoms with van der Waals surface area (Å²) >= 11 is 12.7. The molecule has 3 aliphatic rings. The maximum Gasteiger partial charge on any atom is 0.232 e. The Morgan fingerprint density at radius 2 is 1.62 bits per heavy atom. The van der Waals surface area contributed by atoms with Gasteiger partial charge in [0, 0.05) is 46.5 Å². The fourth-order valence-corrected chi connectivity index (χ4v) is 6.71. The molecule has 0 spiro atoms. The number of likely N-dealkylation sites (tertiary alicyclic amines) is 1. The van der Waals surface area contributed by atoms with Gasteiger partial charge < -0.3 is 14.5 Å². The molecule has 37 heavy (non-hydrogen) atoms. The van der Waals surface area contributed by atoms with Gasteiger partial charge in [-0.05, 0) is 69.0 Å². The van der Waals surface area contributed by atoms with Crippen LogP contribution in [0.15, 0.2) is 48.0 Å². The van der Waals surface area contributed by atoms with Gasteiger partial charge in [0.2, 0.25) is 5.91 Å². The van der Waals surface area contributed by atoms with Crippen LogP contribution in [0.3, 0.4) is 0 Å². The molecule has 5 rings (SSSR count). The first kappa shape index (κ1) is 26.6. The number of allylic oxidation sites excluding steroid dienone is 1. The zero-order valence-corrected chi connectivity index (χ0v) is 23.4. The van der Waals surface area contributed by atoms with E-state index in [0.29, 0.717) is 21.5 Å². The number of carbonyl (C=O) groups excluding carboxylic acids is 1. The van der Waals surface area contributed by atoms with Crippen LogP contribution >= 0.6 is 23.2 Å². The summed E-state index contributed by atoms with van der Waals surface area (Å²) in [5, 5.41) is 4.57. The van der Waals surface area contributed by atoms with Crippen molar-refractivity contribution in [2.45, 2.75) is 76.7 Å². The zero-order chi connectivity index (χ0) is 25.8. The third kappa shape index (κ3) is 6.19. The highest BCUT2D eigenvalue weighted by Gasteiger charge is 2.37. The summed E-state index contributed by atoms with van der Waals surface area (Å²) in [5.41, 5.74) is 3.26. The highest BCUT2D eigenvalue weighted by atomic mass is 35.5. The highest BCUT2D eigenvalue weighted by molar-refractivity contribution is 6.31. The van der Waals surface area contributed by atoms with Gasteiger partial charge in [-0.15, -0.1) is 0 Å². The first-order valence-corrected chi connectivity index (χ1v) is 14.8. The summed E-state index contributed by atoms with van der Waals surface area (Å²) in [4.78, 5) is 13.8. The molecule has 0 aromatic heterocycles. The lowest BCUT2D eigenvalue weighted by Crippen LogP contribution is -2.57. The van der Waals surface area contributed by atoms with Gasteiger partial charge in [-0.3, -0.25) is 4.79 Å². The lowest BCUT2D eigenvalue weighted by molar-refractivity contribution is -0.930. The van der Waals surface area contributed by atoms with Crippen LogP contribution in [0.1, 0.15) is 81.8 Å². The topological polar surface area (TPSA) is 38.3 Å². The second kappa shape index (κ2) is 11.8. The van der Waals surface area contributed by atoms with Crippen LogP contribution in [-0.4, -0.2) is 42.6 Å². The number of piperidine rings is 1. The number of rotatable bonds is 6. The van der Waals surface area contributed by atoms with Gasteiger partial charge in [-0.2, -0.15) is 0 Å². The Morgan fingerprint density at radius 1 is 0.973 bits per heavy atom. The van der Waals surface area contributed by atoms with Crippen molar-refractivity contribution in [1.82, 2.24) is 5.32 Å². The first-order valence-electron chi connectivity index (χ1n) is 14.1. The molecule has 0 atom stereocenters. The maximum atomic E-state index is 13.8. The molecule has 1 aliphatic carbocycles. The van der Waals surface area contributed by atoms with Gasteiger partial charge in [-0.25, -0.2) is 0 Å². The van der Waals surface area contributed by atoms with E-state index < -0.39 is 5.92 Å². The normalized spacial score (nSPS) is 25.5. The molecule has 2 aromatic carbocycles. The number of amides is 1. The van der Waals surface area contributed by atoms with Crippen molar-refractivity contribution in [2.24, 2.45) is 0 Å². The SMILES string of the molecule is CC[N+]1(CC/C2=C/CCCCCC2)CCC(NC(=O)C2c3cc(Cl)ccc3Oc3ccc(Cl)cc32)CC1. The molecule has 198 valence electrons. The maximum absolute atomic E-state index is 13.8. The van der Waals surface area contributed by atoms with E-state index in [1.165, 1.54) is 51.5 Å². The Bertz CT molecular complexity index is 1100. The number of nitrogens with one attached hydrogen (secondary N) is 1. The fourth-order valence-electron chi connectivity index (χ4n) is 6.35. The molecule has 1 fully saturated rings. The van der Waals surface area contributed by atoms with E-state index in [4.69, 9.17) is 27.9 Å². The molecular weight excluding hydrogens is 503 g/mol. The Morgan fingerprint density at radius 3 is 2.27 bits per heavy atom. The van der Waals surface area contributed by atoms with Crippen LogP contribution in [0.4, 0.5) is 0 Å². The Hall–Kier alpha value is -2.01. The minimum Gasteiger partial charge on any atom is -0.457 e. The van der Waals surface area contributed by atoms with Crippen LogP contribution < -0.4 is 10.1 Å². The number of halogens is 2. The molecule has 0 radical (unpaired) electrons. The molecule has 0 saturated carbocycles. The molecule has 6 heteroatoms. The predicted molar refractivity (Wildman–Crippen MR) is 152 cm³/mol. The summed E-state index contributed by atoms with van der Waals surface area (Å²) in [6, 6.07) is 11.1. The summed E-state index contributed by atoms with van der Waals surface area (Å²) in [6.45, 7) is 6.95. The monoisotopic (exact) mass is 541 g/mol. The Labute approximate surface area is 231 Å². The van der Waals surface area contributed by atoms with Crippen molar-refractivity contribution in [3.8, 4) is 11.5 Å². The second-order valence-corrected chi connectivity index (χ2v) is 11.9. The van der Waals surface area contributed by atoms with Crippen LogP contribution in [0.5, 0.6) is 11.5 Å². The lowest BCUT2D eigenvalue weighted by Gasteiger charge is -2.44. The molecule has 0 bridgehead atoms. The van der Waals surface area contributed by atoms with Crippen molar-refractivity contribution in [2.75, 3.05) is 26.2 Å². The number of quaternary nitrogens is 1. The van der Waals surface area contributed by atoms with Crippen molar-refractivity contribution >= 4 is 29.1 Å². The largest absolute Gasteiger partial charge is 0.457 e. The highest BCUT2D eigenvalue weighted by Crippen LogP contribution is 2.46. The van der Waals surface area contributed by atoms with E-state index in [2.05, 4.69) is 18.3 Å². The molecule has 2 heterocycles. The van der Waals surface area contributed by atoms with Crippen molar-refractivity contribution in [1.29, 1.82) is 0 Å². The Balaban J connectivity index is 1.25. The van der Waals surface area contributed by atoms with Gasteiger partial charge in [0.15, 0.2) is 0 Å². The number of hydrogen-bond donors (Lipinski definition) is 1. The third-order valence-electron chi connectivity index (χ3n) is 8.76. The van der Waals surface area contributed by atoms with Crippen LogP contribution in [0.2, 0.25) is 10.0 Å². The van der Waals surface area contributed by atoms with Gasteiger partial charge in [0.25, 0.3) is 0 Å².